The molecule has 0 amide bonds. The van der Waals surface area contributed by atoms with Gasteiger partial charge in [-0.2, -0.15) is 0 Å². The summed E-state index contributed by atoms with van der Waals surface area (Å²) in [4.78, 5) is 3.35. The number of nitrogens with one attached hydrogen (secondary N) is 1. The van der Waals surface area contributed by atoms with Crippen molar-refractivity contribution in [1.29, 1.82) is 0 Å². The van der Waals surface area contributed by atoms with E-state index in [1.807, 2.05) is 6.20 Å². The Labute approximate surface area is 123 Å². The van der Waals surface area contributed by atoms with E-state index in [-0.39, 0.29) is 24.8 Å². The second kappa shape index (κ2) is 7.71. The van der Waals surface area contributed by atoms with Crippen molar-refractivity contribution < 1.29 is 48.0 Å². The van der Waals surface area contributed by atoms with E-state index in [4.69, 9.17) is 0 Å². The van der Waals surface area contributed by atoms with Gasteiger partial charge in [-0.3, -0.25) is 0 Å². The van der Waals surface area contributed by atoms with Gasteiger partial charge in [-0.1, -0.05) is 0 Å². The van der Waals surface area contributed by atoms with Crippen LogP contribution in [0.1, 0.15) is 6.42 Å². The molecule has 1 N–H and O–H groups in total. The molecule has 0 bridgehead atoms. The first kappa shape index (κ1) is 16.4. The van der Waals surface area contributed by atoms with E-state index in [0.717, 1.165) is 0 Å². The van der Waals surface area contributed by atoms with Crippen LogP contribution in [0.15, 0.2) is 39.0 Å². The molecule has 86 valence electrons. The Bertz CT molecular complexity index is 371. The summed E-state index contributed by atoms with van der Waals surface area (Å²) in [6.07, 6.45) is 8.02. The minimum absolute atomic E-state index is 0. The largest absolute Gasteiger partial charge is 1.00 e. The van der Waals surface area contributed by atoms with E-state index in [9.17, 15) is 0 Å². The Hall–Kier alpha value is 0.440. The van der Waals surface area contributed by atoms with Crippen molar-refractivity contribution in [1.82, 2.24) is 4.98 Å². The number of hydrogen-bond acceptors (Lipinski definition) is 0. The Morgan fingerprint density at radius 3 is 2.62 bits per heavy atom. The number of hydrogen-bond donors (Lipinski definition) is 1. The summed E-state index contributed by atoms with van der Waals surface area (Å²) in [5, 5.41) is 1.74. The smallest absolute Gasteiger partial charge is 1.00 e. The predicted molar refractivity (Wildman–Crippen MR) is 60.1 cm³/mol. The first-order valence-corrected chi connectivity index (χ1v) is 10.4. The molecule has 1 nitrogen and oxygen atoms in total. The molecule has 16 heavy (non-hydrogen) atoms. The van der Waals surface area contributed by atoms with Crippen LogP contribution in [0, 0.1) is 0 Å². The Kier molecular flexibility index (Phi) is 7.92. The average molecular weight is 351 g/mol. The zero-order valence-electron chi connectivity index (χ0n) is 9.43. The normalized spacial score (nSPS) is 13.4. The average Bonchev–Trinajstić information content (AvgIpc) is 2.75. The number of allylic oxidation sites excluding steroid dienone is 4. The maximum absolute atomic E-state index is 3.35. The van der Waals surface area contributed by atoms with Crippen molar-refractivity contribution in [3.05, 3.63) is 39.0 Å². The van der Waals surface area contributed by atoms with Crippen LogP contribution in [0.3, 0.4) is 0 Å². The van der Waals surface area contributed by atoms with Crippen molar-refractivity contribution in [2.75, 3.05) is 0 Å². The molecule has 2 rings (SSSR count). The molecule has 1 aromatic rings. The molecule has 5 heteroatoms. The fraction of sp³-hybridized carbons (Fsp3) is 0.273. The first-order chi connectivity index (χ1) is 6.77. The molecule has 0 atom stereocenters. The van der Waals surface area contributed by atoms with Gasteiger partial charge in [-0.15, -0.1) is 0 Å². The van der Waals surface area contributed by atoms with E-state index in [1.165, 1.54) is 9.82 Å². The molecule has 0 spiro atoms. The molecule has 0 aromatic carbocycles. The summed E-state index contributed by atoms with van der Waals surface area (Å²) in [5.74, 6) is 0. The van der Waals surface area contributed by atoms with Gasteiger partial charge < -0.3 is 24.8 Å². The molecule has 0 saturated carbocycles. The van der Waals surface area contributed by atoms with Crippen LogP contribution in [-0.2, 0) is 23.2 Å². The summed E-state index contributed by atoms with van der Waals surface area (Å²) >= 11 is -0.478. The van der Waals surface area contributed by atoms with Crippen molar-refractivity contribution in [3.63, 3.8) is 0 Å². The van der Waals surface area contributed by atoms with Gasteiger partial charge in [0.25, 0.3) is 0 Å². The van der Waals surface area contributed by atoms with Crippen LogP contribution in [0.2, 0.25) is 13.1 Å². The summed E-state index contributed by atoms with van der Waals surface area (Å²) < 4.78 is 3.32. The summed E-state index contributed by atoms with van der Waals surface area (Å²) in [5.41, 5.74) is 0. The van der Waals surface area contributed by atoms with Gasteiger partial charge in [0.2, 0.25) is 0 Å². The molecular weight excluding hydrogens is 336 g/mol. The molecule has 0 radical (unpaired) electrons. The molecule has 0 aliphatic heterocycles. The van der Waals surface area contributed by atoms with Crippen LogP contribution in [-0.4, -0.2) is 13.8 Å². The minimum Gasteiger partial charge on any atom is -1.00 e. The fourth-order valence-electron chi connectivity index (χ4n) is 1.76. The van der Waals surface area contributed by atoms with Gasteiger partial charge in [-0.05, 0) is 0 Å². The Balaban J connectivity index is 0.00000112. The summed E-state index contributed by atoms with van der Waals surface area (Å²) in [6.45, 7) is 4.86. The monoisotopic (exact) mass is 349 g/mol. The number of aromatic amines is 1. The van der Waals surface area contributed by atoms with E-state index in [2.05, 4.69) is 42.4 Å². The van der Waals surface area contributed by atoms with Gasteiger partial charge in [0.05, 0.1) is 0 Å². The van der Waals surface area contributed by atoms with Crippen LogP contribution in [0.4, 0.5) is 0 Å². The SMILES string of the molecule is C[SiH](C)C1=[C]([Zr+2][c]2ccc[nH]2)CC=C1.[Cl-].[Cl-]. The maximum Gasteiger partial charge on any atom is -1.00 e. The third-order valence-electron chi connectivity index (χ3n) is 2.47. The second-order valence-electron chi connectivity index (χ2n) is 3.90. The van der Waals surface area contributed by atoms with Crippen molar-refractivity contribution in [3.8, 4) is 0 Å². The van der Waals surface area contributed by atoms with Gasteiger partial charge in [-0.25, -0.2) is 0 Å². The first-order valence-electron chi connectivity index (χ1n) is 5.07. The molecule has 1 aromatic heterocycles. The van der Waals surface area contributed by atoms with Gasteiger partial charge in [0, 0.05) is 0 Å². The van der Waals surface area contributed by atoms with E-state index >= 15 is 0 Å². The van der Waals surface area contributed by atoms with Gasteiger partial charge in [0.1, 0.15) is 0 Å². The van der Waals surface area contributed by atoms with Crippen LogP contribution < -0.4 is 28.2 Å². The third-order valence-corrected chi connectivity index (χ3v) is 8.35. The molecular formula is C11H15Cl2NSiZr. The van der Waals surface area contributed by atoms with Gasteiger partial charge in [0.15, 0.2) is 0 Å². The summed E-state index contributed by atoms with van der Waals surface area (Å²) in [7, 11) is -0.582. The van der Waals surface area contributed by atoms with E-state index in [1.54, 1.807) is 8.48 Å². The second-order valence-corrected chi connectivity index (χ2v) is 10.3. The summed E-state index contributed by atoms with van der Waals surface area (Å²) in [6, 6.07) is 4.36. The van der Waals surface area contributed by atoms with Crippen LogP contribution in [0.5, 0.6) is 0 Å². The number of rotatable bonds is 3. The molecule has 1 aliphatic rings. The number of halogens is 2. The predicted octanol–water partition coefficient (Wildman–Crippen LogP) is -4.03. The third kappa shape index (κ3) is 4.03. The van der Waals surface area contributed by atoms with Crippen molar-refractivity contribution >= 4 is 12.2 Å². The zero-order valence-corrected chi connectivity index (χ0v) is 14.6. The molecule has 1 aliphatic carbocycles. The topological polar surface area (TPSA) is 15.8 Å². The molecule has 1 heterocycles. The van der Waals surface area contributed by atoms with Crippen molar-refractivity contribution in [2.45, 2.75) is 19.5 Å². The fourth-order valence-corrected chi connectivity index (χ4v) is 8.37. The number of H-pyrrole nitrogens is 1. The molecule has 0 fully saturated rings. The molecule has 0 saturated heterocycles. The number of aromatic nitrogens is 1. The Morgan fingerprint density at radius 2 is 2.06 bits per heavy atom. The quantitative estimate of drug-likeness (QED) is 0.534. The van der Waals surface area contributed by atoms with Crippen LogP contribution >= 0.6 is 0 Å². The Morgan fingerprint density at radius 1 is 1.31 bits per heavy atom. The molecule has 0 unspecified atom stereocenters. The maximum atomic E-state index is 3.35. The van der Waals surface area contributed by atoms with Gasteiger partial charge >= 0.3 is 98.9 Å². The van der Waals surface area contributed by atoms with E-state index < -0.39 is 32.0 Å². The standard InChI is InChI=1S/C7H11Si.C4H4N.2ClH.Zr/c1-8(2)7-5-3-4-6-7;1-2-4-5-3-1;;;/h3,5,8H,4H2,1-2H3;1-3,5H;2*1H;/q;;;;+2/p-2. The minimum atomic E-state index is -0.582. The van der Waals surface area contributed by atoms with Crippen molar-refractivity contribution in [2.24, 2.45) is 0 Å². The van der Waals surface area contributed by atoms with Crippen LogP contribution in [0.25, 0.3) is 0 Å². The van der Waals surface area contributed by atoms with E-state index in [0.29, 0.717) is 0 Å². The zero-order chi connectivity index (χ0) is 9.97.